The first kappa shape index (κ1) is 23.8. The van der Waals surface area contributed by atoms with E-state index in [4.69, 9.17) is 9.40 Å². The Morgan fingerprint density at radius 1 is 1.20 bits per heavy atom. The molecule has 1 saturated heterocycles. The Morgan fingerprint density at radius 2 is 2.00 bits per heavy atom. The second-order valence-electron chi connectivity index (χ2n) is 9.64. The van der Waals surface area contributed by atoms with Crippen LogP contribution < -0.4 is 5.32 Å². The molecule has 0 bridgehead atoms. The molecule has 4 aromatic heterocycles. The smallest absolute Gasteiger partial charge is 0.252 e. The van der Waals surface area contributed by atoms with Gasteiger partial charge in [-0.1, -0.05) is 6.42 Å². The van der Waals surface area contributed by atoms with Crippen molar-refractivity contribution in [2.24, 2.45) is 0 Å². The van der Waals surface area contributed by atoms with Crippen LogP contribution in [0.3, 0.4) is 0 Å². The first-order chi connectivity index (χ1) is 16.9. The zero-order valence-corrected chi connectivity index (χ0v) is 21.7. The first-order valence-electron chi connectivity index (χ1n) is 12.4. The lowest BCUT2D eigenvalue weighted by molar-refractivity contribution is 0.0915. The van der Waals surface area contributed by atoms with E-state index in [1.54, 1.807) is 23.8 Å². The van der Waals surface area contributed by atoms with E-state index in [9.17, 15) is 4.79 Å². The van der Waals surface area contributed by atoms with E-state index in [1.165, 1.54) is 29.0 Å². The third kappa shape index (κ3) is 4.77. The number of piperidine rings is 1. The van der Waals surface area contributed by atoms with Crippen molar-refractivity contribution in [2.75, 3.05) is 19.6 Å². The van der Waals surface area contributed by atoms with Crippen molar-refractivity contribution in [3.63, 3.8) is 0 Å². The maximum Gasteiger partial charge on any atom is 0.252 e. The number of carbonyl (C=O) groups excluding carboxylic acids is 1. The Labute approximate surface area is 210 Å². The van der Waals surface area contributed by atoms with E-state index >= 15 is 0 Å². The number of hydrogen-bond donors (Lipinski definition) is 1. The zero-order chi connectivity index (χ0) is 24.5. The van der Waals surface area contributed by atoms with Crippen molar-refractivity contribution in [1.29, 1.82) is 0 Å². The number of furan rings is 1. The second kappa shape index (κ2) is 9.95. The predicted molar refractivity (Wildman–Crippen MR) is 140 cm³/mol. The highest BCUT2D eigenvalue weighted by Crippen LogP contribution is 2.33. The van der Waals surface area contributed by atoms with Crippen molar-refractivity contribution >= 4 is 28.3 Å². The Kier molecular flexibility index (Phi) is 6.75. The fraction of sp³-hybridized carbons (Fsp3) is 0.444. The van der Waals surface area contributed by atoms with E-state index in [2.05, 4.69) is 49.1 Å². The lowest BCUT2D eigenvalue weighted by Crippen LogP contribution is -2.40. The van der Waals surface area contributed by atoms with E-state index in [1.807, 2.05) is 22.9 Å². The molecule has 4 aromatic rings. The summed E-state index contributed by atoms with van der Waals surface area (Å²) in [4.78, 5) is 23.4. The SMILES string of the molecule is Cc1cc(-c2cc(C(=O)NCC(c3ccco3)N3CCCCC3)c3cnn(C(C)C)c3n2)c(C)s1. The van der Waals surface area contributed by atoms with Crippen LogP contribution in [0.25, 0.3) is 22.3 Å². The second-order valence-corrected chi connectivity index (χ2v) is 11.1. The number of carbonyl (C=O) groups is 1. The van der Waals surface area contributed by atoms with Crippen LogP contribution >= 0.6 is 11.3 Å². The summed E-state index contributed by atoms with van der Waals surface area (Å²) in [5.74, 6) is 0.782. The van der Waals surface area contributed by atoms with E-state index in [0.717, 1.165) is 41.1 Å². The van der Waals surface area contributed by atoms with Crippen LogP contribution in [0.1, 0.15) is 71.1 Å². The molecule has 0 spiro atoms. The van der Waals surface area contributed by atoms with Gasteiger partial charge in [-0.2, -0.15) is 5.10 Å². The molecule has 1 N–H and O–H groups in total. The number of likely N-dealkylation sites (tertiary alicyclic amines) is 1. The van der Waals surface area contributed by atoms with Crippen molar-refractivity contribution < 1.29 is 9.21 Å². The van der Waals surface area contributed by atoms with Crippen LogP contribution in [0, 0.1) is 13.8 Å². The van der Waals surface area contributed by atoms with Gasteiger partial charge in [0.05, 0.1) is 35.1 Å². The molecule has 1 amide bonds. The molecule has 0 saturated carbocycles. The molecule has 1 fully saturated rings. The molecule has 1 atom stereocenters. The van der Waals surface area contributed by atoms with Gasteiger partial charge in [0.1, 0.15) is 5.76 Å². The highest BCUT2D eigenvalue weighted by atomic mass is 32.1. The third-order valence-corrected chi connectivity index (χ3v) is 7.74. The molecule has 1 aliphatic heterocycles. The van der Waals surface area contributed by atoms with Crippen molar-refractivity contribution in [3.05, 3.63) is 57.8 Å². The lowest BCUT2D eigenvalue weighted by Gasteiger charge is -2.33. The zero-order valence-electron chi connectivity index (χ0n) is 20.9. The molecule has 1 unspecified atom stereocenters. The molecule has 0 aliphatic carbocycles. The highest BCUT2D eigenvalue weighted by molar-refractivity contribution is 7.12. The largest absolute Gasteiger partial charge is 0.468 e. The number of thiophene rings is 1. The highest BCUT2D eigenvalue weighted by Gasteiger charge is 2.26. The quantitative estimate of drug-likeness (QED) is 0.348. The molecule has 5 rings (SSSR count). The van der Waals surface area contributed by atoms with E-state index in [-0.39, 0.29) is 18.0 Å². The standard InChI is InChI=1S/C27H33N5O2S/c1-17(2)32-26-22(15-29-32)21(14-23(30-26)20-13-18(3)35-19(20)4)27(33)28-16-24(25-9-8-12-34-25)31-10-6-5-7-11-31/h8-9,12-15,17,24H,5-7,10-11,16H2,1-4H3,(H,28,33). The van der Waals surface area contributed by atoms with Gasteiger partial charge >= 0.3 is 0 Å². The number of aryl methyl sites for hydroxylation is 2. The summed E-state index contributed by atoms with van der Waals surface area (Å²) in [6.07, 6.45) is 7.08. The minimum absolute atomic E-state index is 0.0196. The number of nitrogens with zero attached hydrogens (tertiary/aromatic N) is 4. The van der Waals surface area contributed by atoms with Gasteiger partial charge in [-0.05, 0) is 77.9 Å². The van der Waals surface area contributed by atoms with Crippen LogP contribution in [0.5, 0.6) is 0 Å². The predicted octanol–water partition coefficient (Wildman–Crippen LogP) is 5.91. The Bertz CT molecular complexity index is 1320. The van der Waals surface area contributed by atoms with Crippen molar-refractivity contribution in [3.8, 4) is 11.3 Å². The summed E-state index contributed by atoms with van der Waals surface area (Å²) >= 11 is 1.75. The number of nitrogens with one attached hydrogen (secondary N) is 1. The maximum atomic E-state index is 13.6. The van der Waals surface area contributed by atoms with E-state index < -0.39 is 0 Å². The Hall–Kier alpha value is -2.97. The summed E-state index contributed by atoms with van der Waals surface area (Å²) in [6.45, 7) is 10.9. The fourth-order valence-electron chi connectivity index (χ4n) is 5.01. The molecule has 35 heavy (non-hydrogen) atoms. The summed E-state index contributed by atoms with van der Waals surface area (Å²) in [5, 5.41) is 8.55. The van der Waals surface area contributed by atoms with Gasteiger partial charge in [0.2, 0.25) is 0 Å². The number of rotatable bonds is 7. The van der Waals surface area contributed by atoms with Gasteiger partial charge in [0.15, 0.2) is 5.65 Å². The number of aromatic nitrogens is 3. The van der Waals surface area contributed by atoms with Crippen LogP contribution in [0.2, 0.25) is 0 Å². The number of hydrogen-bond acceptors (Lipinski definition) is 6. The summed E-state index contributed by atoms with van der Waals surface area (Å²) < 4.78 is 7.66. The van der Waals surface area contributed by atoms with Crippen molar-refractivity contribution in [2.45, 2.75) is 59.0 Å². The average molecular weight is 492 g/mol. The average Bonchev–Trinajstić information content (AvgIpc) is 3.59. The molecule has 1 aliphatic rings. The van der Waals surface area contributed by atoms with Crippen LogP contribution in [-0.2, 0) is 0 Å². The molecule has 7 nitrogen and oxygen atoms in total. The summed E-state index contributed by atoms with van der Waals surface area (Å²) in [5.41, 5.74) is 3.23. The van der Waals surface area contributed by atoms with Gasteiger partial charge < -0.3 is 9.73 Å². The van der Waals surface area contributed by atoms with Crippen LogP contribution in [-0.4, -0.2) is 45.2 Å². The van der Waals surface area contributed by atoms with Gasteiger partial charge in [-0.15, -0.1) is 11.3 Å². The number of pyridine rings is 1. The van der Waals surface area contributed by atoms with Crippen LogP contribution in [0.4, 0.5) is 0 Å². The van der Waals surface area contributed by atoms with Gasteiger partial charge in [0, 0.05) is 27.9 Å². The molecular weight excluding hydrogens is 458 g/mol. The maximum absolute atomic E-state index is 13.6. The Balaban J connectivity index is 1.49. The molecule has 0 aromatic carbocycles. The normalized spacial score (nSPS) is 15.7. The number of fused-ring (bicyclic) bond motifs is 1. The molecule has 0 radical (unpaired) electrons. The summed E-state index contributed by atoms with van der Waals surface area (Å²) in [7, 11) is 0. The fourth-order valence-corrected chi connectivity index (χ4v) is 5.95. The monoisotopic (exact) mass is 491 g/mol. The first-order valence-corrected chi connectivity index (χ1v) is 13.3. The van der Waals surface area contributed by atoms with Crippen molar-refractivity contribution in [1.82, 2.24) is 25.0 Å². The minimum atomic E-state index is -0.111. The van der Waals surface area contributed by atoms with Gasteiger partial charge in [-0.3, -0.25) is 9.69 Å². The summed E-state index contributed by atoms with van der Waals surface area (Å²) in [6, 6.07) is 8.14. The van der Waals surface area contributed by atoms with Gasteiger partial charge in [0.25, 0.3) is 5.91 Å². The van der Waals surface area contributed by atoms with Gasteiger partial charge in [-0.25, -0.2) is 9.67 Å². The molecule has 8 heteroatoms. The molecular formula is C27H33N5O2S. The molecule has 184 valence electrons. The topological polar surface area (TPSA) is 76.2 Å². The molecule has 5 heterocycles. The third-order valence-electron chi connectivity index (χ3n) is 6.78. The minimum Gasteiger partial charge on any atom is -0.468 e. The Morgan fingerprint density at radius 3 is 2.66 bits per heavy atom. The van der Waals surface area contributed by atoms with Crippen LogP contribution in [0.15, 0.2) is 41.1 Å². The lowest BCUT2D eigenvalue weighted by atomic mass is 10.1. The van der Waals surface area contributed by atoms with E-state index in [0.29, 0.717) is 12.1 Å². The number of amides is 1.